The molecular formula is C13H17N3O. The van der Waals surface area contributed by atoms with E-state index in [0.717, 1.165) is 28.4 Å². The topological polar surface area (TPSA) is 53.1 Å². The van der Waals surface area contributed by atoms with Crippen LogP contribution in [0.3, 0.4) is 0 Å². The lowest BCUT2D eigenvalue weighted by Crippen LogP contribution is -2.04. The monoisotopic (exact) mass is 231 g/mol. The summed E-state index contributed by atoms with van der Waals surface area (Å²) in [5.41, 5.74) is 9.60. The molecule has 4 nitrogen and oxygen atoms in total. The molecule has 0 saturated heterocycles. The molecule has 0 fully saturated rings. The Kier molecular flexibility index (Phi) is 3.04. The molecule has 0 saturated carbocycles. The molecule has 2 aromatic rings. The predicted octanol–water partition coefficient (Wildman–Crippen LogP) is 2.20. The molecule has 0 amide bonds. The third-order valence-electron chi connectivity index (χ3n) is 2.80. The van der Waals surface area contributed by atoms with E-state index >= 15 is 0 Å². The van der Waals surface area contributed by atoms with E-state index in [2.05, 4.69) is 5.10 Å². The summed E-state index contributed by atoms with van der Waals surface area (Å²) in [4.78, 5) is 0. The Hall–Kier alpha value is -1.97. The number of hydrogen-bond donors (Lipinski definition) is 1. The van der Waals surface area contributed by atoms with Crippen LogP contribution in [0, 0.1) is 13.8 Å². The van der Waals surface area contributed by atoms with E-state index in [-0.39, 0.29) is 0 Å². The Morgan fingerprint density at radius 3 is 2.76 bits per heavy atom. The van der Waals surface area contributed by atoms with Gasteiger partial charge in [0.15, 0.2) is 0 Å². The quantitative estimate of drug-likeness (QED) is 0.824. The van der Waals surface area contributed by atoms with Crippen molar-refractivity contribution in [3.05, 3.63) is 41.2 Å². The van der Waals surface area contributed by atoms with Gasteiger partial charge in [-0.2, -0.15) is 5.10 Å². The molecule has 1 aromatic carbocycles. The van der Waals surface area contributed by atoms with Gasteiger partial charge in [0.05, 0.1) is 11.4 Å². The zero-order chi connectivity index (χ0) is 12.4. The maximum absolute atomic E-state index is 5.83. The third-order valence-corrected chi connectivity index (χ3v) is 2.80. The Morgan fingerprint density at radius 2 is 2.12 bits per heavy atom. The molecule has 1 aromatic heterocycles. The van der Waals surface area contributed by atoms with Gasteiger partial charge in [-0.3, -0.25) is 4.68 Å². The largest absolute Gasteiger partial charge is 0.487 e. The van der Waals surface area contributed by atoms with Crippen molar-refractivity contribution in [2.24, 2.45) is 7.05 Å². The molecular weight excluding hydrogens is 214 g/mol. The Morgan fingerprint density at radius 1 is 1.35 bits per heavy atom. The van der Waals surface area contributed by atoms with Gasteiger partial charge in [0, 0.05) is 18.3 Å². The lowest BCUT2D eigenvalue weighted by Gasteiger charge is -2.10. The van der Waals surface area contributed by atoms with E-state index in [9.17, 15) is 0 Å². The molecule has 0 aliphatic carbocycles. The van der Waals surface area contributed by atoms with Crippen LogP contribution in [0.1, 0.15) is 17.0 Å². The minimum atomic E-state index is 0.502. The summed E-state index contributed by atoms with van der Waals surface area (Å²) in [6, 6.07) is 7.71. The minimum Gasteiger partial charge on any atom is -0.487 e. The number of nitrogens with zero attached hydrogens (tertiary/aromatic N) is 2. The van der Waals surface area contributed by atoms with E-state index < -0.39 is 0 Å². The van der Waals surface area contributed by atoms with Gasteiger partial charge < -0.3 is 10.5 Å². The normalized spacial score (nSPS) is 10.5. The third kappa shape index (κ3) is 2.41. The summed E-state index contributed by atoms with van der Waals surface area (Å²) in [6.07, 6.45) is 0. The first-order chi connectivity index (χ1) is 8.08. The average Bonchev–Trinajstić information content (AvgIpc) is 2.60. The van der Waals surface area contributed by atoms with Crippen molar-refractivity contribution in [3.63, 3.8) is 0 Å². The van der Waals surface area contributed by atoms with Crippen molar-refractivity contribution in [1.29, 1.82) is 0 Å². The fourth-order valence-electron chi connectivity index (χ4n) is 1.74. The number of aryl methyl sites for hydroxylation is 2. The number of benzene rings is 1. The lowest BCUT2D eigenvalue weighted by molar-refractivity contribution is 0.293. The van der Waals surface area contributed by atoms with Gasteiger partial charge in [-0.25, -0.2) is 0 Å². The molecule has 0 unspecified atom stereocenters. The van der Waals surface area contributed by atoms with Gasteiger partial charge in [0.25, 0.3) is 0 Å². The summed E-state index contributed by atoms with van der Waals surface area (Å²) in [6.45, 7) is 4.43. The summed E-state index contributed by atoms with van der Waals surface area (Å²) < 4.78 is 7.59. The highest BCUT2D eigenvalue weighted by Gasteiger charge is 2.05. The molecule has 0 atom stereocenters. The SMILES string of the molecule is Cc1cc(COc2cccc(N)c2C)n(C)n1. The Bertz CT molecular complexity index is 531. The molecule has 90 valence electrons. The van der Waals surface area contributed by atoms with Gasteiger partial charge in [-0.05, 0) is 32.0 Å². The van der Waals surface area contributed by atoms with Gasteiger partial charge in [-0.15, -0.1) is 0 Å². The number of nitrogens with two attached hydrogens (primary N) is 1. The smallest absolute Gasteiger partial charge is 0.130 e. The van der Waals surface area contributed by atoms with E-state index in [1.807, 2.05) is 49.8 Å². The minimum absolute atomic E-state index is 0.502. The first-order valence-corrected chi connectivity index (χ1v) is 5.55. The molecule has 1 heterocycles. The number of nitrogen functional groups attached to an aromatic ring is 1. The second-order valence-corrected chi connectivity index (χ2v) is 4.16. The van der Waals surface area contributed by atoms with Crippen LogP contribution in [-0.2, 0) is 13.7 Å². The van der Waals surface area contributed by atoms with Gasteiger partial charge in [0.2, 0.25) is 0 Å². The van der Waals surface area contributed by atoms with E-state index in [0.29, 0.717) is 6.61 Å². The number of ether oxygens (including phenoxy) is 1. The standard InChI is InChI=1S/C13H17N3O/c1-9-7-11(16(3)15-9)8-17-13-6-4-5-12(14)10(13)2/h4-7H,8,14H2,1-3H3. The van der Waals surface area contributed by atoms with Crippen LogP contribution in [0.5, 0.6) is 5.75 Å². The fraction of sp³-hybridized carbons (Fsp3) is 0.308. The molecule has 0 radical (unpaired) electrons. The van der Waals surface area contributed by atoms with Crippen molar-refractivity contribution in [2.45, 2.75) is 20.5 Å². The van der Waals surface area contributed by atoms with Gasteiger partial charge in [0.1, 0.15) is 12.4 Å². The fourth-order valence-corrected chi connectivity index (χ4v) is 1.74. The molecule has 0 spiro atoms. The first-order valence-electron chi connectivity index (χ1n) is 5.55. The van der Waals surface area contributed by atoms with Crippen LogP contribution in [-0.4, -0.2) is 9.78 Å². The molecule has 2 N–H and O–H groups in total. The van der Waals surface area contributed by atoms with E-state index in [4.69, 9.17) is 10.5 Å². The molecule has 2 rings (SSSR count). The van der Waals surface area contributed by atoms with Crippen LogP contribution in [0.25, 0.3) is 0 Å². The second kappa shape index (κ2) is 4.49. The summed E-state index contributed by atoms with van der Waals surface area (Å²) in [7, 11) is 1.91. The maximum Gasteiger partial charge on any atom is 0.130 e. The van der Waals surface area contributed by atoms with Gasteiger partial charge in [-0.1, -0.05) is 6.07 Å². The highest BCUT2D eigenvalue weighted by atomic mass is 16.5. The predicted molar refractivity (Wildman–Crippen MR) is 67.9 cm³/mol. The Balaban J connectivity index is 2.12. The zero-order valence-electron chi connectivity index (χ0n) is 10.4. The summed E-state index contributed by atoms with van der Waals surface area (Å²) in [5.74, 6) is 0.823. The van der Waals surface area contributed by atoms with Crippen molar-refractivity contribution >= 4 is 5.69 Å². The molecule has 0 aliphatic heterocycles. The van der Waals surface area contributed by atoms with E-state index in [1.54, 1.807) is 0 Å². The highest BCUT2D eigenvalue weighted by Crippen LogP contribution is 2.23. The number of anilines is 1. The molecule has 0 aliphatic rings. The molecule has 17 heavy (non-hydrogen) atoms. The maximum atomic E-state index is 5.83. The number of rotatable bonds is 3. The molecule has 4 heteroatoms. The zero-order valence-corrected chi connectivity index (χ0v) is 10.4. The summed E-state index contributed by atoms with van der Waals surface area (Å²) >= 11 is 0. The van der Waals surface area contributed by atoms with E-state index in [1.165, 1.54) is 0 Å². The second-order valence-electron chi connectivity index (χ2n) is 4.16. The number of aromatic nitrogens is 2. The summed E-state index contributed by atoms with van der Waals surface area (Å²) in [5, 5.41) is 4.28. The van der Waals surface area contributed by atoms with Crippen molar-refractivity contribution in [2.75, 3.05) is 5.73 Å². The first kappa shape index (κ1) is 11.5. The Labute approximate surface area is 101 Å². The molecule has 0 bridgehead atoms. The van der Waals surface area contributed by atoms with Crippen molar-refractivity contribution in [3.8, 4) is 5.75 Å². The van der Waals surface area contributed by atoms with Crippen molar-refractivity contribution < 1.29 is 4.74 Å². The van der Waals surface area contributed by atoms with Crippen LogP contribution in [0.2, 0.25) is 0 Å². The van der Waals surface area contributed by atoms with Crippen LogP contribution >= 0.6 is 0 Å². The lowest BCUT2D eigenvalue weighted by atomic mass is 10.2. The van der Waals surface area contributed by atoms with Gasteiger partial charge >= 0.3 is 0 Å². The van der Waals surface area contributed by atoms with Crippen LogP contribution in [0.15, 0.2) is 24.3 Å². The van der Waals surface area contributed by atoms with Crippen LogP contribution < -0.4 is 10.5 Å². The number of hydrogen-bond acceptors (Lipinski definition) is 3. The van der Waals surface area contributed by atoms with Crippen molar-refractivity contribution in [1.82, 2.24) is 9.78 Å². The average molecular weight is 231 g/mol. The highest BCUT2D eigenvalue weighted by molar-refractivity contribution is 5.53. The van der Waals surface area contributed by atoms with Crippen LogP contribution in [0.4, 0.5) is 5.69 Å².